The number of aliphatic carboxylic acids is 1. The van der Waals surface area contributed by atoms with Crippen LogP contribution in [0.25, 0.3) is 11.1 Å². The number of carboxylic acids is 1. The van der Waals surface area contributed by atoms with E-state index in [9.17, 15) is 19.5 Å². The zero-order chi connectivity index (χ0) is 24.3. The Labute approximate surface area is 200 Å². The van der Waals surface area contributed by atoms with Crippen LogP contribution in [0.5, 0.6) is 0 Å². The van der Waals surface area contributed by atoms with Gasteiger partial charge in [-0.05, 0) is 42.0 Å². The van der Waals surface area contributed by atoms with Crippen LogP contribution in [-0.2, 0) is 14.3 Å². The van der Waals surface area contributed by atoms with E-state index in [0.29, 0.717) is 19.4 Å². The molecule has 2 aromatic rings. The number of hydrogen-bond donors (Lipinski definition) is 2. The van der Waals surface area contributed by atoms with Gasteiger partial charge in [-0.2, -0.15) is 0 Å². The molecule has 1 saturated heterocycles. The van der Waals surface area contributed by atoms with Gasteiger partial charge in [0.25, 0.3) is 0 Å². The Morgan fingerprint density at radius 1 is 1.12 bits per heavy atom. The molecule has 2 aromatic carbocycles. The highest BCUT2D eigenvalue weighted by Gasteiger charge is 2.43. The first-order valence-electron chi connectivity index (χ1n) is 11.9. The molecule has 2 amide bonds. The fourth-order valence-electron chi connectivity index (χ4n) is 5.10. The molecule has 2 N–H and O–H groups in total. The molecule has 0 aromatic heterocycles. The van der Waals surface area contributed by atoms with Crippen molar-refractivity contribution in [3.8, 4) is 11.1 Å². The number of fused-ring (bicyclic) bond motifs is 3. The normalized spacial score (nSPS) is 19.9. The molecule has 2 atom stereocenters. The summed E-state index contributed by atoms with van der Waals surface area (Å²) in [7, 11) is 0. The Morgan fingerprint density at radius 2 is 1.74 bits per heavy atom. The maximum atomic E-state index is 13.0. The van der Waals surface area contributed by atoms with Crippen molar-refractivity contribution < 1.29 is 24.2 Å². The predicted molar refractivity (Wildman–Crippen MR) is 128 cm³/mol. The van der Waals surface area contributed by atoms with Gasteiger partial charge in [-0.3, -0.25) is 9.59 Å². The number of ether oxygens (including phenoxy) is 1. The van der Waals surface area contributed by atoms with Crippen LogP contribution in [0.15, 0.2) is 48.5 Å². The number of carboxylic acid groups (broad SMARTS) is 1. The summed E-state index contributed by atoms with van der Waals surface area (Å²) in [5, 5.41) is 12.2. The summed E-state index contributed by atoms with van der Waals surface area (Å²) in [6.45, 7) is 4.67. The van der Waals surface area contributed by atoms with Crippen molar-refractivity contribution in [2.45, 2.75) is 39.0 Å². The number of nitrogens with zero attached hydrogens (tertiary/aromatic N) is 1. The highest BCUT2D eigenvalue weighted by Crippen LogP contribution is 2.44. The molecular weight excluding hydrogens is 432 g/mol. The van der Waals surface area contributed by atoms with Crippen LogP contribution >= 0.6 is 0 Å². The molecule has 0 radical (unpaired) electrons. The highest BCUT2D eigenvalue weighted by atomic mass is 16.5. The smallest absolute Gasteiger partial charge is 0.407 e. The van der Waals surface area contributed by atoms with Crippen molar-refractivity contribution in [2.24, 2.45) is 11.3 Å². The standard InChI is InChI=1S/C27H32N2O5/c1-3-8-18(24(30)29-14-13-27(2,17-29)25(31)32)15-28-26(33)34-16-23-21-11-6-4-9-19(21)20-10-5-7-12-22(20)23/h4-7,9-12,18,23H,3,8,13-17H2,1-2H3,(H,28,33)(H,31,32). The lowest BCUT2D eigenvalue weighted by molar-refractivity contribution is -0.147. The summed E-state index contributed by atoms with van der Waals surface area (Å²) in [5.41, 5.74) is 3.71. The van der Waals surface area contributed by atoms with E-state index >= 15 is 0 Å². The molecule has 1 fully saturated rings. The molecule has 1 aliphatic carbocycles. The van der Waals surface area contributed by atoms with E-state index in [2.05, 4.69) is 29.6 Å². The SMILES string of the molecule is CCCC(CNC(=O)OCC1c2ccccc2-c2ccccc21)C(=O)N1CCC(C)(C(=O)O)C1. The molecule has 2 aliphatic rings. The van der Waals surface area contributed by atoms with E-state index in [0.717, 1.165) is 17.5 Å². The minimum Gasteiger partial charge on any atom is -0.481 e. The van der Waals surface area contributed by atoms with E-state index < -0.39 is 23.4 Å². The second-order valence-electron chi connectivity index (χ2n) is 9.57. The molecule has 0 saturated carbocycles. The largest absolute Gasteiger partial charge is 0.481 e. The third kappa shape index (κ3) is 4.65. The molecule has 1 aliphatic heterocycles. The van der Waals surface area contributed by atoms with Gasteiger partial charge in [0, 0.05) is 25.6 Å². The second-order valence-corrected chi connectivity index (χ2v) is 9.57. The average molecular weight is 465 g/mol. The predicted octanol–water partition coefficient (Wildman–Crippen LogP) is 4.26. The molecule has 7 nitrogen and oxygen atoms in total. The number of benzene rings is 2. The zero-order valence-corrected chi connectivity index (χ0v) is 19.8. The van der Waals surface area contributed by atoms with Gasteiger partial charge >= 0.3 is 12.1 Å². The first-order valence-corrected chi connectivity index (χ1v) is 11.9. The maximum Gasteiger partial charge on any atom is 0.407 e. The van der Waals surface area contributed by atoms with Crippen LogP contribution in [0, 0.1) is 11.3 Å². The molecule has 2 unspecified atom stereocenters. The summed E-state index contributed by atoms with van der Waals surface area (Å²) in [5.74, 6) is -1.41. The number of rotatable bonds is 8. The number of carbonyl (C=O) groups excluding carboxylic acids is 2. The van der Waals surface area contributed by atoms with Crippen LogP contribution in [0.1, 0.15) is 50.2 Å². The van der Waals surface area contributed by atoms with Gasteiger partial charge in [0.15, 0.2) is 0 Å². The fourth-order valence-corrected chi connectivity index (χ4v) is 5.10. The molecule has 0 spiro atoms. The van der Waals surface area contributed by atoms with Crippen LogP contribution in [-0.4, -0.2) is 54.2 Å². The first-order chi connectivity index (χ1) is 16.3. The number of amides is 2. The summed E-state index contributed by atoms with van der Waals surface area (Å²) < 4.78 is 5.59. The van der Waals surface area contributed by atoms with Crippen LogP contribution in [0.3, 0.4) is 0 Å². The zero-order valence-electron chi connectivity index (χ0n) is 19.8. The van der Waals surface area contributed by atoms with E-state index in [4.69, 9.17) is 4.74 Å². The van der Waals surface area contributed by atoms with Gasteiger partial charge < -0.3 is 20.1 Å². The Kier molecular flexibility index (Phi) is 6.91. The number of hydrogen-bond acceptors (Lipinski definition) is 4. The van der Waals surface area contributed by atoms with Crippen molar-refractivity contribution in [2.75, 3.05) is 26.2 Å². The number of nitrogens with one attached hydrogen (secondary N) is 1. The summed E-state index contributed by atoms with van der Waals surface area (Å²) in [6.07, 6.45) is 1.29. The highest BCUT2D eigenvalue weighted by molar-refractivity contribution is 5.83. The Morgan fingerprint density at radius 3 is 2.29 bits per heavy atom. The summed E-state index contributed by atoms with van der Waals surface area (Å²) >= 11 is 0. The van der Waals surface area contributed by atoms with Gasteiger partial charge in [0.1, 0.15) is 6.61 Å². The molecule has 180 valence electrons. The van der Waals surface area contributed by atoms with Crippen LogP contribution in [0.4, 0.5) is 4.79 Å². The van der Waals surface area contributed by atoms with E-state index in [1.807, 2.05) is 31.2 Å². The van der Waals surface area contributed by atoms with Gasteiger partial charge in [-0.15, -0.1) is 0 Å². The minimum atomic E-state index is -0.910. The Balaban J connectivity index is 1.34. The number of alkyl carbamates (subject to hydrolysis) is 1. The van der Waals surface area contributed by atoms with Gasteiger partial charge in [-0.1, -0.05) is 61.9 Å². The van der Waals surface area contributed by atoms with Crippen LogP contribution in [0.2, 0.25) is 0 Å². The molecular formula is C27H32N2O5. The van der Waals surface area contributed by atoms with Crippen molar-refractivity contribution in [3.05, 3.63) is 59.7 Å². The number of carbonyl (C=O) groups is 3. The summed E-state index contributed by atoms with van der Waals surface area (Å²) in [4.78, 5) is 38.7. The monoisotopic (exact) mass is 464 g/mol. The third-order valence-electron chi connectivity index (χ3n) is 7.12. The third-order valence-corrected chi connectivity index (χ3v) is 7.12. The lowest BCUT2D eigenvalue weighted by atomic mass is 9.90. The lowest BCUT2D eigenvalue weighted by Gasteiger charge is -2.25. The van der Waals surface area contributed by atoms with Crippen molar-refractivity contribution in [3.63, 3.8) is 0 Å². The quantitative estimate of drug-likeness (QED) is 0.608. The summed E-state index contributed by atoms with van der Waals surface area (Å²) in [6, 6.07) is 16.3. The van der Waals surface area contributed by atoms with Gasteiger partial charge in [-0.25, -0.2) is 4.79 Å². The minimum absolute atomic E-state index is 0.0236. The van der Waals surface area contributed by atoms with E-state index in [-0.39, 0.29) is 31.5 Å². The van der Waals surface area contributed by atoms with Crippen molar-refractivity contribution in [1.82, 2.24) is 10.2 Å². The first kappa shape index (κ1) is 23.8. The van der Waals surface area contributed by atoms with Crippen LogP contribution < -0.4 is 5.32 Å². The van der Waals surface area contributed by atoms with Gasteiger partial charge in [0.2, 0.25) is 5.91 Å². The molecule has 34 heavy (non-hydrogen) atoms. The van der Waals surface area contributed by atoms with Gasteiger partial charge in [0.05, 0.1) is 11.3 Å². The second kappa shape index (κ2) is 9.87. The fraction of sp³-hybridized carbons (Fsp3) is 0.444. The topological polar surface area (TPSA) is 95.9 Å². The lowest BCUT2D eigenvalue weighted by Crippen LogP contribution is -2.42. The van der Waals surface area contributed by atoms with Crippen molar-refractivity contribution >= 4 is 18.0 Å². The van der Waals surface area contributed by atoms with Crippen molar-refractivity contribution in [1.29, 1.82) is 0 Å². The molecule has 4 rings (SSSR count). The average Bonchev–Trinajstić information content (AvgIpc) is 3.39. The molecule has 7 heteroatoms. The molecule has 1 heterocycles. The Bertz CT molecular complexity index is 1040. The van der Waals surface area contributed by atoms with E-state index in [1.54, 1.807) is 11.8 Å². The van der Waals surface area contributed by atoms with E-state index in [1.165, 1.54) is 11.1 Å². The Hall–Kier alpha value is -3.35. The maximum absolute atomic E-state index is 13.0. The number of likely N-dealkylation sites (tertiary alicyclic amines) is 1. The molecule has 0 bridgehead atoms.